The molecule has 30 heavy (non-hydrogen) atoms. The van der Waals surface area contributed by atoms with Crippen molar-refractivity contribution in [3.63, 3.8) is 0 Å². The van der Waals surface area contributed by atoms with Gasteiger partial charge in [0.15, 0.2) is 0 Å². The van der Waals surface area contributed by atoms with Gasteiger partial charge < -0.3 is 15.5 Å². The number of carbonyl (C=O) groups is 3. The van der Waals surface area contributed by atoms with E-state index >= 15 is 0 Å². The number of carbonyl (C=O) groups excluding carboxylic acids is 3. The van der Waals surface area contributed by atoms with Gasteiger partial charge in [0.2, 0.25) is 5.91 Å². The Morgan fingerprint density at radius 1 is 1.13 bits per heavy atom. The van der Waals surface area contributed by atoms with Crippen molar-refractivity contribution in [2.24, 2.45) is 0 Å². The second kappa shape index (κ2) is 9.73. The summed E-state index contributed by atoms with van der Waals surface area (Å²) in [5.74, 6) is -0.310. The van der Waals surface area contributed by atoms with Gasteiger partial charge in [0.25, 0.3) is 5.24 Å². The zero-order valence-electron chi connectivity index (χ0n) is 16.7. The van der Waals surface area contributed by atoms with E-state index < -0.39 is 0 Å². The van der Waals surface area contributed by atoms with E-state index in [0.29, 0.717) is 12.2 Å². The van der Waals surface area contributed by atoms with Gasteiger partial charge in [-0.15, -0.1) is 0 Å². The van der Waals surface area contributed by atoms with Crippen LogP contribution in [0.4, 0.5) is 19.7 Å². The van der Waals surface area contributed by atoms with Crippen LogP contribution in [-0.4, -0.2) is 53.4 Å². The standard InChI is InChI=1S/C21H23FN4O3S/c1-25(2)18(15-5-7-16(22)8-6-15)11-23-20(28)24-17-9-3-14(4-10-17)12-26-19(27)13-30-21(26)29/h3-10,18H,11-13H2,1-2H3,(H2,23,24,28). The van der Waals surface area contributed by atoms with Crippen molar-refractivity contribution in [1.82, 2.24) is 15.1 Å². The minimum Gasteiger partial charge on any atom is -0.336 e. The van der Waals surface area contributed by atoms with Crippen molar-refractivity contribution in [3.05, 3.63) is 65.5 Å². The number of hydrogen-bond donors (Lipinski definition) is 2. The Morgan fingerprint density at radius 3 is 2.37 bits per heavy atom. The Labute approximate surface area is 178 Å². The van der Waals surface area contributed by atoms with E-state index in [-0.39, 0.29) is 41.3 Å². The number of halogens is 1. The van der Waals surface area contributed by atoms with E-state index in [2.05, 4.69) is 10.6 Å². The summed E-state index contributed by atoms with van der Waals surface area (Å²) in [6.45, 7) is 0.568. The third kappa shape index (κ3) is 5.58. The van der Waals surface area contributed by atoms with Crippen molar-refractivity contribution >= 4 is 34.6 Å². The van der Waals surface area contributed by atoms with Crippen molar-refractivity contribution in [2.75, 3.05) is 31.7 Å². The van der Waals surface area contributed by atoms with Gasteiger partial charge in [0.05, 0.1) is 18.3 Å². The maximum absolute atomic E-state index is 13.2. The van der Waals surface area contributed by atoms with Crippen molar-refractivity contribution < 1.29 is 18.8 Å². The van der Waals surface area contributed by atoms with E-state index in [4.69, 9.17) is 0 Å². The minimum atomic E-state index is -0.363. The summed E-state index contributed by atoms with van der Waals surface area (Å²) in [6, 6.07) is 12.7. The van der Waals surface area contributed by atoms with E-state index in [1.54, 1.807) is 36.4 Å². The summed E-state index contributed by atoms with van der Waals surface area (Å²) in [4.78, 5) is 38.8. The third-order valence-electron chi connectivity index (χ3n) is 4.73. The topological polar surface area (TPSA) is 81.8 Å². The van der Waals surface area contributed by atoms with E-state index in [0.717, 1.165) is 22.9 Å². The van der Waals surface area contributed by atoms with Gasteiger partial charge in [0.1, 0.15) is 5.82 Å². The number of likely N-dealkylation sites (N-methyl/N-ethyl adjacent to an activating group) is 1. The Hall–Kier alpha value is -2.91. The predicted octanol–water partition coefficient (Wildman–Crippen LogP) is 3.45. The zero-order valence-corrected chi connectivity index (χ0v) is 17.5. The number of nitrogens with zero attached hydrogens (tertiary/aromatic N) is 2. The first-order valence-electron chi connectivity index (χ1n) is 9.36. The molecule has 1 atom stereocenters. The molecule has 2 aromatic rings. The van der Waals surface area contributed by atoms with Crippen LogP contribution in [0.3, 0.4) is 0 Å². The normalized spacial score (nSPS) is 14.9. The van der Waals surface area contributed by atoms with Crippen molar-refractivity contribution in [2.45, 2.75) is 12.6 Å². The van der Waals surface area contributed by atoms with E-state index in [1.165, 1.54) is 17.0 Å². The summed E-state index contributed by atoms with van der Waals surface area (Å²) < 4.78 is 13.2. The molecule has 9 heteroatoms. The smallest absolute Gasteiger partial charge is 0.319 e. The number of benzene rings is 2. The quantitative estimate of drug-likeness (QED) is 0.703. The molecule has 1 heterocycles. The molecule has 1 unspecified atom stereocenters. The van der Waals surface area contributed by atoms with Crippen LogP contribution in [0.25, 0.3) is 0 Å². The monoisotopic (exact) mass is 430 g/mol. The Morgan fingerprint density at radius 2 is 1.80 bits per heavy atom. The van der Waals surface area contributed by atoms with Crippen LogP contribution in [0.1, 0.15) is 17.2 Å². The molecule has 0 aromatic heterocycles. The molecule has 4 amide bonds. The molecule has 1 saturated heterocycles. The highest BCUT2D eigenvalue weighted by atomic mass is 32.2. The van der Waals surface area contributed by atoms with Crippen molar-refractivity contribution in [1.29, 1.82) is 0 Å². The maximum atomic E-state index is 13.2. The van der Waals surface area contributed by atoms with Crippen LogP contribution in [0.5, 0.6) is 0 Å². The molecular formula is C21H23FN4O3S. The first-order chi connectivity index (χ1) is 14.3. The molecule has 2 aromatic carbocycles. The molecule has 158 valence electrons. The average Bonchev–Trinajstić information content (AvgIpc) is 3.02. The molecule has 1 aliphatic rings. The molecule has 0 aliphatic carbocycles. The van der Waals surface area contributed by atoms with Crippen LogP contribution < -0.4 is 10.6 Å². The second-order valence-electron chi connectivity index (χ2n) is 7.10. The van der Waals surface area contributed by atoms with Crippen molar-refractivity contribution in [3.8, 4) is 0 Å². The molecule has 0 radical (unpaired) electrons. The molecule has 0 bridgehead atoms. The molecule has 2 N–H and O–H groups in total. The van der Waals surface area contributed by atoms with Crippen LogP contribution in [0, 0.1) is 5.82 Å². The predicted molar refractivity (Wildman–Crippen MR) is 115 cm³/mol. The fraction of sp³-hybridized carbons (Fsp3) is 0.286. The highest BCUT2D eigenvalue weighted by Crippen LogP contribution is 2.22. The molecule has 1 aliphatic heterocycles. The summed E-state index contributed by atoms with van der Waals surface area (Å²) in [6.07, 6.45) is 0. The highest BCUT2D eigenvalue weighted by Gasteiger charge is 2.29. The fourth-order valence-electron chi connectivity index (χ4n) is 3.06. The lowest BCUT2D eigenvalue weighted by molar-refractivity contribution is -0.125. The number of thioether (sulfide) groups is 1. The minimum absolute atomic E-state index is 0.105. The second-order valence-corrected chi connectivity index (χ2v) is 8.02. The van der Waals surface area contributed by atoms with Gasteiger partial charge in [-0.05, 0) is 49.5 Å². The molecule has 3 rings (SSSR count). The molecular weight excluding hydrogens is 407 g/mol. The van der Waals surface area contributed by atoms with Crippen LogP contribution in [0.2, 0.25) is 0 Å². The number of anilines is 1. The third-order valence-corrected chi connectivity index (χ3v) is 5.59. The Balaban J connectivity index is 1.53. The van der Waals surface area contributed by atoms with E-state index in [9.17, 15) is 18.8 Å². The van der Waals surface area contributed by atoms with E-state index in [1.807, 2.05) is 19.0 Å². The average molecular weight is 431 g/mol. The highest BCUT2D eigenvalue weighted by molar-refractivity contribution is 8.14. The SMILES string of the molecule is CN(C)C(CNC(=O)Nc1ccc(CN2C(=O)CSC2=O)cc1)c1ccc(F)cc1. The maximum Gasteiger partial charge on any atom is 0.319 e. The number of nitrogens with one attached hydrogen (secondary N) is 2. The fourth-order valence-corrected chi connectivity index (χ4v) is 3.78. The summed E-state index contributed by atoms with van der Waals surface area (Å²) in [7, 11) is 3.78. The Bertz CT molecular complexity index is 903. The number of urea groups is 1. The summed E-state index contributed by atoms with van der Waals surface area (Å²) in [5, 5.41) is 5.34. The van der Waals surface area contributed by atoms with Gasteiger partial charge >= 0.3 is 6.03 Å². The lowest BCUT2D eigenvalue weighted by atomic mass is 10.1. The largest absolute Gasteiger partial charge is 0.336 e. The molecule has 1 fully saturated rings. The molecule has 0 spiro atoms. The number of imide groups is 1. The van der Waals surface area contributed by atoms with Gasteiger partial charge in [-0.25, -0.2) is 9.18 Å². The lowest BCUT2D eigenvalue weighted by Crippen LogP contribution is -2.36. The number of hydrogen-bond acceptors (Lipinski definition) is 5. The number of amides is 4. The lowest BCUT2D eigenvalue weighted by Gasteiger charge is -2.25. The molecule has 7 nitrogen and oxygen atoms in total. The number of rotatable bonds is 7. The van der Waals surface area contributed by atoms with Crippen LogP contribution in [0.15, 0.2) is 48.5 Å². The zero-order chi connectivity index (χ0) is 21.7. The summed E-state index contributed by atoms with van der Waals surface area (Å²) >= 11 is 1.00. The van der Waals surface area contributed by atoms with Crippen LogP contribution >= 0.6 is 11.8 Å². The van der Waals surface area contributed by atoms with Gasteiger partial charge in [-0.3, -0.25) is 14.5 Å². The first-order valence-corrected chi connectivity index (χ1v) is 10.3. The first kappa shape index (κ1) is 21.8. The summed E-state index contributed by atoms with van der Waals surface area (Å²) in [5.41, 5.74) is 2.29. The van der Waals surface area contributed by atoms with Gasteiger partial charge in [0, 0.05) is 12.2 Å². The van der Waals surface area contributed by atoms with Gasteiger partial charge in [-0.2, -0.15) is 0 Å². The molecule has 0 saturated carbocycles. The van der Waals surface area contributed by atoms with Crippen LogP contribution in [-0.2, 0) is 11.3 Å². The van der Waals surface area contributed by atoms with Gasteiger partial charge in [-0.1, -0.05) is 36.0 Å². The Kier molecular flexibility index (Phi) is 7.07.